The van der Waals surface area contributed by atoms with Crippen molar-refractivity contribution in [1.29, 1.82) is 0 Å². The van der Waals surface area contributed by atoms with Crippen LogP contribution in [0.1, 0.15) is 59.1 Å². The van der Waals surface area contributed by atoms with E-state index in [4.69, 9.17) is 2.74 Å². The normalized spacial score (nSPS) is 22.0. The molecule has 1 aromatic heterocycles. The van der Waals surface area contributed by atoms with Gasteiger partial charge in [0.15, 0.2) is 6.20 Å². The molecule has 1 heteroatoms. The lowest BCUT2D eigenvalue weighted by Gasteiger charge is -2.22. The summed E-state index contributed by atoms with van der Waals surface area (Å²) < 4.78 is 19.7. The molecule has 0 bridgehead atoms. The first-order valence-electron chi connectivity index (χ1n) is 9.03. The van der Waals surface area contributed by atoms with E-state index in [1.54, 1.807) is 0 Å². The van der Waals surface area contributed by atoms with E-state index in [0.29, 0.717) is 0 Å². The van der Waals surface area contributed by atoms with Crippen LogP contribution in [0.2, 0.25) is 0 Å². The van der Waals surface area contributed by atoms with Crippen LogP contribution in [0, 0.1) is 13.8 Å². The van der Waals surface area contributed by atoms with Crippen molar-refractivity contribution in [3.05, 3.63) is 52.7 Å². The van der Waals surface area contributed by atoms with Crippen molar-refractivity contribution in [1.82, 2.24) is 0 Å². The fraction of sp³-hybridized carbons (Fsp3) is 0.476. The highest BCUT2D eigenvalue weighted by atomic mass is 14.9. The summed E-state index contributed by atoms with van der Waals surface area (Å²) >= 11 is 0. The largest absolute Gasteiger partial charge is 0.212 e. The second-order valence-electron chi connectivity index (χ2n) is 7.79. The van der Waals surface area contributed by atoms with Crippen LogP contribution in [0.5, 0.6) is 0 Å². The van der Waals surface area contributed by atoms with Crippen molar-refractivity contribution in [2.75, 3.05) is 0 Å². The van der Waals surface area contributed by atoms with Gasteiger partial charge in [0, 0.05) is 19.9 Å². The Kier molecular flexibility index (Phi) is 2.74. The van der Waals surface area contributed by atoms with Crippen LogP contribution in [-0.4, -0.2) is 0 Å². The van der Waals surface area contributed by atoms with Crippen LogP contribution in [0.4, 0.5) is 0 Å². The van der Waals surface area contributed by atoms with Gasteiger partial charge in [0.2, 0.25) is 5.69 Å². The number of rotatable bonds is 1. The number of hydrogen-bond acceptors (Lipinski definition) is 0. The summed E-state index contributed by atoms with van der Waals surface area (Å²) in [5, 5.41) is 0. The van der Waals surface area contributed by atoms with Gasteiger partial charge in [-0.25, -0.2) is 4.57 Å². The van der Waals surface area contributed by atoms with E-state index < -0.39 is 17.2 Å². The van der Waals surface area contributed by atoms with Gasteiger partial charge in [-0.15, -0.1) is 0 Å². The smallest absolute Gasteiger partial charge is 0.201 e. The third-order valence-corrected chi connectivity index (χ3v) is 4.90. The van der Waals surface area contributed by atoms with Gasteiger partial charge in [-0.05, 0) is 48.2 Å². The number of nitrogens with zero attached hydrogens (tertiary/aromatic N) is 1. The van der Waals surface area contributed by atoms with Gasteiger partial charge in [0.25, 0.3) is 0 Å². The molecule has 1 aliphatic carbocycles. The molecule has 0 aliphatic heterocycles. The minimum absolute atomic E-state index is 0.509. The number of aromatic nitrogens is 1. The molecule has 0 amide bonds. The number of pyridine rings is 1. The van der Waals surface area contributed by atoms with Crippen LogP contribution >= 0.6 is 0 Å². The lowest BCUT2D eigenvalue weighted by atomic mass is 9.82. The zero-order valence-electron chi connectivity index (χ0n) is 16.8. The van der Waals surface area contributed by atoms with Crippen molar-refractivity contribution in [3.8, 4) is 11.3 Å². The van der Waals surface area contributed by atoms with Gasteiger partial charge in [-0.2, -0.15) is 0 Å². The summed E-state index contributed by atoms with van der Waals surface area (Å²) in [4.78, 5) is 0. The van der Waals surface area contributed by atoms with E-state index >= 15 is 0 Å². The van der Waals surface area contributed by atoms with Crippen molar-refractivity contribution in [3.63, 3.8) is 0 Å². The second-order valence-corrected chi connectivity index (χ2v) is 7.79. The Bertz CT molecular complexity index is 832. The molecule has 0 atom stereocenters. The van der Waals surface area contributed by atoms with Gasteiger partial charge in [-0.1, -0.05) is 45.4 Å². The molecule has 0 unspecified atom stereocenters. The van der Waals surface area contributed by atoms with E-state index in [9.17, 15) is 0 Å². The first-order chi connectivity index (χ1) is 10.9. The van der Waals surface area contributed by atoms with Crippen molar-refractivity contribution in [2.45, 2.75) is 58.7 Å². The lowest BCUT2D eigenvalue weighted by Crippen LogP contribution is -2.33. The molecule has 22 heavy (non-hydrogen) atoms. The van der Waals surface area contributed by atoms with Crippen LogP contribution in [-0.2, 0) is 17.9 Å². The Labute approximate surface area is 137 Å². The van der Waals surface area contributed by atoms with Crippen LogP contribution in [0.25, 0.3) is 11.3 Å². The summed E-state index contributed by atoms with van der Waals surface area (Å²) in [7, 11) is 2.06. The minimum Gasteiger partial charge on any atom is -0.201 e. The predicted molar refractivity (Wildman–Crippen MR) is 93.2 cm³/mol. The van der Waals surface area contributed by atoms with Crippen molar-refractivity contribution < 1.29 is 7.31 Å². The zero-order chi connectivity index (χ0) is 18.1. The molecular weight excluding hydrogens is 266 g/mol. The predicted octanol–water partition coefficient (Wildman–Crippen LogP) is 4.75. The summed E-state index contributed by atoms with van der Waals surface area (Å²) in [6.45, 7) is 12.4. The van der Waals surface area contributed by atoms with E-state index in [2.05, 4.69) is 55.9 Å². The summed E-state index contributed by atoms with van der Waals surface area (Å²) in [5.41, 5.74) is 6.10. The first-order valence-corrected chi connectivity index (χ1v) is 8.03. The molecule has 0 saturated carbocycles. The van der Waals surface area contributed by atoms with Gasteiger partial charge in [0.05, 0.1) is 0 Å². The Morgan fingerprint density at radius 1 is 1.00 bits per heavy atom. The molecule has 1 aliphatic rings. The highest BCUT2D eigenvalue weighted by Gasteiger charge is 2.44. The first kappa shape index (κ1) is 12.9. The summed E-state index contributed by atoms with van der Waals surface area (Å²) in [5.74, 6) is 0. The minimum atomic E-state index is -1.30. The highest BCUT2D eigenvalue weighted by molar-refractivity contribution is 5.63. The number of aryl methyl sites for hydroxylation is 3. The molecule has 3 rings (SSSR count). The van der Waals surface area contributed by atoms with Crippen LogP contribution < -0.4 is 4.57 Å². The van der Waals surface area contributed by atoms with Crippen molar-refractivity contribution in [2.24, 2.45) is 7.05 Å². The molecule has 0 N–H and O–H groups in total. The molecule has 1 nitrogen and oxygen atoms in total. The maximum Gasteiger partial charge on any atom is 0.212 e. The standard InChI is InChI=1S/C21H28N/c1-14-8-9-16(15(2)10-14)19-11-17-18(12-22(19)7)21(5,6)13-20(17,3)4/h8-12H,13H2,1-7H3/q+1/i13D2. The molecule has 116 valence electrons. The maximum absolute atomic E-state index is 8.75. The topological polar surface area (TPSA) is 3.88 Å². The third-order valence-electron chi connectivity index (χ3n) is 4.90. The quantitative estimate of drug-likeness (QED) is 0.668. The fourth-order valence-corrected chi connectivity index (χ4v) is 3.95. The Balaban J connectivity index is 2.30. The van der Waals surface area contributed by atoms with Crippen molar-refractivity contribution >= 4 is 0 Å². The number of fused-ring (bicyclic) bond motifs is 1. The van der Waals surface area contributed by atoms with Gasteiger partial charge < -0.3 is 0 Å². The molecule has 0 radical (unpaired) electrons. The van der Waals surface area contributed by atoms with E-state index in [1.807, 2.05) is 27.7 Å². The van der Waals surface area contributed by atoms with E-state index in [-0.39, 0.29) is 0 Å². The second kappa shape index (κ2) is 4.68. The zero-order valence-corrected chi connectivity index (χ0v) is 14.8. The molecule has 1 aromatic carbocycles. The molecule has 0 spiro atoms. The SMILES string of the molecule is [2H]C1([2H])C(C)(C)c2cc(-c3ccc(C)cc3C)[n+](C)cc2C1(C)C. The Morgan fingerprint density at radius 3 is 2.27 bits per heavy atom. The van der Waals surface area contributed by atoms with Crippen LogP contribution in [0.15, 0.2) is 30.5 Å². The van der Waals surface area contributed by atoms with Gasteiger partial charge in [0.1, 0.15) is 7.05 Å². The van der Waals surface area contributed by atoms with Crippen LogP contribution in [0.3, 0.4) is 0 Å². The van der Waals surface area contributed by atoms with E-state index in [1.165, 1.54) is 16.7 Å². The molecule has 0 fully saturated rings. The number of benzene rings is 1. The Hall–Kier alpha value is -1.63. The van der Waals surface area contributed by atoms with E-state index in [0.717, 1.165) is 16.8 Å². The van der Waals surface area contributed by atoms with Gasteiger partial charge in [-0.3, -0.25) is 0 Å². The Morgan fingerprint density at radius 2 is 1.64 bits per heavy atom. The monoisotopic (exact) mass is 296 g/mol. The summed E-state index contributed by atoms with van der Waals surface area (Å²) in [6.07, 6.45) is 0.840. The molecular formula is C21H28N+. The third kappa shape index (κ3) is 2.27. The molecule has 1 heterocycles. The average Bonchev–Trinajstić information content (AvgIpc) is 2.55. The maximum atomic E-state index is 8.75. The molecule has 2 aromatic rings. The summed E-state index contributed by atoms with van der Waals surface area (Å²) in [6, 6.07) is 8.73. The average molecular weight is 296 g/mol. The fourth-order valence-electron chi connectivity index (χ4n) is 3.95. The lowest BCUT2D eigenvalue weighted by molar-refractivity contribution is -0.661. The van der Waals surface area contributed by atoms with Gasteiger partial charge >= 0.3 is 0 Å². The molecule has 0 saturated heterocycles. The highest BCUT2D eigenvalue weighted by Crippen LogP contribution is 2.49. The number of hydrogen-bond donors (Lipinski definition) is 0.